The van der Waals surface area contributed by atoms with Gasteiger partial charge in [0.25, 0.3) is 0 Å². The quantitative estimate of drug-likeness (QED) is 0.669. The van der Waals surface area contributed by atoms with Crippen LogP contribution in [-0.4, -0.2) is 4.98 Å². The highest BCUT2D eigenvalue weighted by molar-refractivity contribution is 14.1. The van der Waals surface area contributed by atoms with Gasteiger partial charge in [0.1, 0.15) is 0 Å². The van der Waals surface area contributed by atoms with E-state index < -0.39 is 0 Å². The van der Waals surface area contributed by atoms with Gasteiger partial charge in [-0.05, 0) is 77.0 Å². The molecule has 1 aromatic heterocycles. The normalized spacial score (nSPS) is 10.7. The zero-order chi connectivity index (χ0) is 13.9. The van der Waals surface area contributed by atoms with Crippen molar-refractivity contribution in [2.45, 2.75) is 13.5 Å². The highest BCUT2D eigenvalue weighted by Gasteiger charge is 2.00. The Morgan fingerprint density at radius 3 is 2.85 bits per heavy atom. The number of anilines is 1. The molecule has 3 aromatic rings. The number of hydrogen-bond acceptors (Lipinski definition) is 2. The number of hydrogen-bond donors (Lipinski definition) is 1. The third kappa shape index (κ3) is 2.93. The third-order valence-corrected chi connectivity index (χ3v) is 4.01. The Kier molecular flexibility index (Phi) is 3.87. The number of nitrogens with zero attached hydrogens (tertiary/aromatic N) is 1. The minimum absolute atomic E-state index is 0.826. The van der Waals surface area contributed by atoms with Crippen LogP contribution >= 0.6 is 22.6 Å². The Hall–Kier alpha value is -1.62. The Morgan fingerprint density at radius 1 is 1.10 bits per heavy atom. The lowest BCUT2D eigenvalue weighted by molar-refractivity contribution is 1.14. The Bertz CT molecular complexity index is 753. The molecule has 0 aliphatic heterocycles. The molecule has 0 bridgehead atoms. The molecule has 0 unspecified atom stereocenters. The molecule has 0 aliphatic rings. The number of halogens is 1. The molecule has 0 saturated carbocycles. The van der Waals surface area contributed by atoms with Gasteiger partial charge < -0.3 is 5.32 Å². The number of pyridine rings is 1. The summed E-state index contributed by atoms with van der Waals surface area (Å²) in [4.78, 5) is 4.34. The van der Waals surface area contributed by atoms with Crippen LogP contribution in [0.25, 0.3) is 10.9 Å². The van der Waals surface area contributed by atoms with Gasteiger partial charge >= 0.3 is 0 Å². The number of rotatable bonds is 3. The van der Waals surface area contributed by atoms with Gasteiger partial charge in [0.2, 0.25) is 0 Å². The summed E-state index contributed by atoms with van der Waals surface area (Å²) in [5, 5.41) is 4.68. The molecule has 0 spiro atoms. The average molecular weight is 374 g/mol. The molecule has 100 valence electrons. The fourth-order valence-corrected chi connectivity index (χ4v) is 2.90. The van der Waals surface area contributed by atoms with E-state index in [-0.39, 0.29) is 0 Å². The van der Waals surface area contributed by atoms with Crippen molar-refractivity contribution in [1.82, 2.24) is 4.98 Å². The van der Waals surface area contributed by atoms with Gasteiger partial charge in [0, 0.05) is 27.4 Å². The zero-order valence-corrected chi connectivity index (χ0v) is 13.4. The highest BCUT2D eigenvalue weighted by Crippen LogP contribution is 2.19. The van der Waals surface area contributed by atoms with Gasteiger partial charge in [-0.25, -0.2) is 0 Å². The topological polar surface area (TPSA) is 24.9 Å². The van der Waals surface area contributed by atoms with E-state index in [9.17, 15) is 0 Å². The van der Waals surface area contributed by atoms with Crippen molar-refractivity contribution in [3.05, 3.63) is 69.4 Å². The SMILES string of the molecule is Cc1cc(I)ccc1NCc1ccc2ncccc2c1. The minimum Gasteiger partial charge on any atom is -0.381 e. The first kappa shape index (κ1) is 13.4. The monoisotopic (exact) mass is 374 g/mol. The molecule has 0 atom stereocenters. The summed E-state index contributed by atoms with van der Waals surface area (Å²) >= 11 is 2.34. The molecule has 0 fully saturated rings. The van der Waals surface area contributed by atoms with E-state index in [1.165, 1.54) is 25.8 Å². The van der Waals surface area contributed by atoms with E-state index in [2.05, 4.69) is 82.3 Å². The molecular formula is C17H15IN2. The van der Waals surface area contributed by atoms with E-state index >= 15 is 0 Å². The molecule has 0 radical (unpaired) electrons. The van der Waals surface area contributed by atoms with Crippen molar-refractivity contribution in [3.8, 4) is 0 Å². The lowest BCUT2D eigenvalue weighted by atomic mass is 10.1. The van der Waals surface area contributed by atoms with Crippen LogP contribution in [0, 0.1) is 10.5 Å². The molecule has 0 amide bonds. The van der Waals surface area contributed by atoms with E-state index in [4.69, 9.17) is 0 Å². The van der Waals surface area contributed by atoms with Crippen LogP contribution in [0.15, 0.2) is 54.7 Å². The van der Waals surface area contributed by atoms with E-state index in [1.807, 2.05) is 12.3 Å². The fraction of sp³-hybridized carbons (Fsp3) is 0.118. The van der Waals surface area contributed by atoms with Crippen LogP contribution in [0.4, 0.5) is 5.69 Å². The van der Waals surface area contributed by atoms with Crippen molar-refractivity contribution < 1.29 is 0 Å². The molecule has 0 aliphatic carbocycles. The second-order valence-electron chi connectivity index (χ2n) is 4.84. The van der Waals surface area contributed by atoms with Gasteiger partial charge in [0.15, 0.2) is 0 Å². The van der Waals surface area contributed by atoms with Gasteiger partial charge in [-0.3, -0.25) is 4.98 Å². The summed E-state index contributed by atoms with van der Waals surface area (Å²) in [6.45, 7) is 2.96. The van der Waals surface area contributed by atoms with Gasteiger partial charge in [0.05, 0.1) is 5.52 Å². The van der Waals surface area contributed by atoms with Crippen molar-refractivity contribution in [3.63, 3.8) is 0 Å². The van der Waals surface area contributed by atoms with Crippen molar-refractivity contribution >= 4 is 39.2 Å². The number of aryl methyl sites for hydroxylation is 1. The highest BCUT2D eigenvalue weighted by atomic mass is 127. The molecule has 1 heterocycles. The molecule has 2 nitrogen and oxygen atoms in total. The van der Waals surface area contributed by atoms with Gasteiger partial charge in [-0.15, -0.1) is 0 Å². The predicted octanol–water partition coefficient (Wildman–Crippen LogP) is 4.76. The lowest BCUT2D eigenvalue weighted by Gasteiger charge is -2.10. The maximum absolute atomic E-state index is 4.34. The van der Waals surface area contributed by atoms with Crippen LogP contribution in [-0.2, 0) is 6.54 Å². The predicted molar refractivity (Wildman–Crippen MR) is 93.0 cm³/mol. The summed E-state index contributed by atoms with van der Waals surface area (Å²) in [5.74, 6) is 0. The maximum Gasteiger partial charge on any atom is 0.0702 e. The van der Waals surface area contributed by atoms with Gasteiger partial charge in [-0.1, -0.05) is 12.1 Å². The van der Waals surface area contributed by atoms with E-state index in [0.29, 0.717) is 0 Å². The summed E-state index contributed by atoms with van der Waals surface area (Å²) in [7, 11) is 0. The zero-order valence-electron chi connectivity index (χ0n) is 11.2. The standard InChI is InChI=1S/C17H15IN2/c1-12-9-15(18)5-7-16(12)20-11-13-4-6-17-14(10-13)3-2-8-19-17/h2-10,20H,11H2,1H3. The van der Waals surface area contributed by atoms with Crippen LogP contribution in [0.1, 0.15) is 11.1 Å². The molecule has 1 N–H and O–H groups in total. The van der Waals surface area contributed by atoms with Crippen molar-refractivity contribution in [2.75, 3.05) is 5.32 Å². The van der Waals surface area contributed by atoms with Crippen LogP contribution < -0.4 is 5.32 Å². The summed E-state index contributed by atoms with van der Waals surface area (Å²) in [6.07, 6.45) is 1.83. The third-order valence-electron chi connectivity index (χ3n) is 3.34. The first-order valence-corrected chi connectivity index (χ1v) is 7.64. The second kappa shape index (κ2) is 5.79. The first-order valence-electron chi connectivity index (χ1n) is 6.56. The number of aromatic nitrogens is 1. The Balaban J connectivity index is 1.79. The molecule has 20 heavy (non-hydrogen) atoms. The molecule has 2 aromatic carbocycles. The lowest BCUT2D eigenvalue weighted by Crippen LogP contribution is -2.01. The molecular weight excluding hydrogens is 359 g/mol. The maximum atomic E-state index is 4.34. The summed E-state index contributed by atoms with van der Waals surface area (Å²) < 4.78 is 1.27. The summed E-state index contributed by atoms with van der Waals surface area (Å²) in [5.41, 5.74) is 4.78. The largest absolute Gasteiger partial charge is 0.381 e. The Morgan fingerprint density at radius 2 is 2.00 bits per heavy atom. The van der Waals surface area contributed by atoms with Crippen LogP contribution in [0.5, 0.6) is 0 Å². The van der Waals surface area contributed by atoms with Crippen molar-refractivity contribution in [1.29, 1.82) is 0 Å². The summed E-state index contributed by atoms with van der Waals surface area (Å²) in [6, 6.07) is 16.9. The smallest absolute Gasteiger partial charge is 0.0702 e. The second-order valence-corrected chi connectivity index (χ2v) is 6.09. The Labute approximate surface area is 132 Å². The number of fused-ring (bicyclic) bond motifs is 1. The number of nitrogens with one attached hydrogen (secondary N) is 1. The average Bonchev–Trinajstić information content (AvgIpc) is 2.46. The minimum atomic E-state index is 0.826. The van der Waals surface area contributed by atoms with Gasteiger partial charge in [-0.2, -0.15) is 0 Å². The van der Waals surface area contributed by atoms with Crippen molar-refractivity contribution in [2.24, 2.45) is 0 Å². The fourth-order valence-electron chi connectivity index (χ4n) is 2.26. The van der Waals surface area contributed by atoms with Crippen LogP contribution in [0.2, 0.25) is 0 Å². The van der Waals surface area contributed by atoms with E-state index in [1.54, 1.807) is 0 Å². The number of benzene rings is 2. The molecule has 3 heteroatoms. The van der Waals surface area contributed by atoms with Crippen LogP contribution in [0.3, 0.4) is 0 Å². The van der Waals surface area contributed by atoms with E-state index in [0.717, 1.165) is 12.1 Å². The molecule has 0 saturated heterocycles. The molecule has 3 rings (SSSR count). The first-order chi connectivity index (χ1) is 9.72.